The number of hydrogen-bond acceptors (Lipinski definition) is 5. The molecule has 0 saturated heterocycles. The molecular weight excluding hydrogens is 264 g/mol. The molecule has 2 heterocycles. The Morgan fingerprint density at radius 3 is 2.62 bits per heavy atom. The van der Waals surface area contributed by atoms with Gasteiger partial charge in [0.15, 0.2) is 0 Å². The van der Waals surface area contributed by atoms with Crippen molar-refractivity contribution < 1.29 is 4.42 Å². The first kappa shape index (κ1) is 13.4. The van der Waals surface area contributed by atoms with E-state index in [1.165, 1.54) is 0 Å². The first-order valence-electron chi connectivity index (χ1n) is 6.95. The number of anilines is 2. The van der Waals surface area contributed by atoms with Crippen LogP contribution in [0.2, 0.25) is 0 Å². The summed E-state index contributed by atoms with van der Waals surface area (Å²) >= 11 is 0. The number of aryl methyl sites for hydroxylation is 1. The Labute approximate surface area is 123 Å². The minimum atomic E-state index is 0.0294. The van der Waals surface area contributed by atoms with Crippen molar-refractivity contribution in [2.75, 3.05) is 17.7 Å². The van der Waals surface area contributed by atoms with E-state index < -0.39 is 0 Å². The molecule has 0 bridgehead atoms. The van der Waals surface area contributed by atoms with Gasteiger partial charge in [-0.3, -0.25) is 0 Å². The Kier molecular flexibility index (Phi) is 3.48. The lowest BCUT2D eigenvalue weighted by Crippen LogP contribution is -2.09. The van der Waals surface area contributed by atoms with Crippen LogP contribution in [0.5, 0.6) is 0 Å². The largest absolute Gasteiger partial charge is 0.464 e. The van der Waals surface area contributed by atoms with Gasteiger partial charge < -0.3 is 15.1 Å². The highest BCUT2D eigenvalue weighted by Crippen LogP contribution is 2.26. The molecule has 0 spiro atoms. The Morgan fingerprint density at radius 1 is 1.10 bits per heavy atom. The fourth-order valence-corrected chi connectivity index (χ4v) is 2.26. The third-order valence-electron chi connectivity index (χ3n) is 3.37. The Bertz CT molecular complexity index is 766. The summed E-state index contributed by atoms with van der Waals surface area (Å²) in [6.45, 7) is 3.99. The second-order valence-corrected chi connectivity index (χ2v) is 4.98. The molecular formula is C16H18N4O. The van der Waals surface area contributed by atoms with Crippen molar-refractivity contribution in [3.63, 3.8) is 0 Å². The van der Waals surface area contributed by atoms with Crippen molar-refractivity contribution in [3.8, 4) is 0 Å². The van der Waals surface area contributed by atoms with Crippen LogP contribution in [0.1, 0.15) is 24.5 Å². The van der Waals surface area contributed by atoms with Crippen LogP contribution in [-0.2, 0) is 0 Å². The highest BCUT2D eigenvalue weighted by molar-refractivity contribution is 5.90. The van der Waals surface area contributed by atoms with Gasteiger partial charge in [0.2, 0.25) is 5.95 Å². The van der Waals surface area contributed by atoms with Crippen LogP contribution >= 0.6 is 0 Å². The molecule has 0 aliphatic carbocycles. The van der Waals surface area contributed by atoms with E-state index >= 15 is 0 Å². The topological polar surface area (TPSA) is 63.0 Å². The molecule has 0 aliphatic rings. The molecule has 0 radical (unpaired) electrons. The van der Waals surface area contributed by atoms with Gasteiger partial charge in [-0.05, 0) is 38.1 Å². The number of aromatic nitrogens is 2. The fourth-order valence-electron chi connectivity index (χ4n) is 2.26. The van der Waals surface area contributed by atoms with E-state index in [1.807, 2.05) is 57.3 Å². The first-order chi connectivity index (χ1) is 10.2. The second-order valence-electron chi connectivity index (χ2n) is 4.98. The standard InChI is InChI=1S/C16H18N4O/c1-10-8-9-14(21-10)11(2)18-15-12-6-4-5-7-13(12)19-16(17-3)20-15/h4-9,11H,1-3H3,(H2,17,18,19,20). The summed E-state index contributed by atoms with van der Waals surface area (Å²) in [6, 6.07) is 11.9. The minimum absolute atomic E-state index is 0.0294. The van der Waals surface area contributed by atoms with Gasteiger partial charge >= 0.3 is 0 Å². The van der Waals surface area contributed by atoms with Crippen molar-refractivity contribution in [1.29, 1.82) is 0 Å². The molecule has 1 unspecified atom stereocenters. The zero-order valence-corrected chi connectivity index (χ0v) is 12.3. The quantitative estimate of drug-likeness (QED) is 0.763. The van der Waals surface area contributed by atoms with Gasteiger partial charge in [0.05, 0.1) is 11.6 Å². The zero-order chi connectivity index (χ0) is 14.8. The molecule has 5 heteroatoms. The predicted octanol–water partition coefficient (Wildman–Crippen LogP) is 3.75. The number of nitrogens with zero attached hydrogens (tertiary/aromatic N) is 2. The molecule has 2 aromatic heterocycles. The summed E-state index contributed by atoms with van der Waals surface area (Å²) in [5.74, 6) is 3.19. The molecule has 0 saturated carbocycles. The molecule has 0 aliphatic heterocycles. The van der Waals surface area contributed by atoms with Gasteiger partial charge in [0.25, 0.3) is 0 Å². The smallest absolute Gasteiger partial charge is 0.224 e. The Balaban J connectivity index is 1.99. The van der Waals surface area contributed by atoms with Crippen LogP contribution in [0.15, 0.2) is 40.8 Å². The van der Waals surface area contributed by atoms with Crippen molar-refractivity contribution in [2.24, 2.45) is 0 Å². The molecule has 2 N–H and O–H groups in total. The monoisotopic (exact) mass is 282 g/mol. The summed E-state index contributed by atoms with van der Waals surface area (Å²) in [5, 5.41) is 7.39. The summed E-state index contributed by atoms with van der Waals surface area (Å²) < 4.78 is 5.66. The zero-order valence-electron chi connectivity index (χ0n) is 12.3. The Morgan fingerprint density at radius 2 is 1.90 bits per heavy atom. The van der Waals surface area contributed by atoms with E-state index in [-0.39, 0.29) is 6.04 Å². The number of rotatable bonds is 4. The molecule has 3 rings (SSSR count). The lowest BCUT2D eigenvalue weighted by atomic mass is 10.2. The number of fused-ring (bicyclic) bond motifs is 1. The van der Waals surface area contributed by atoms with Crippen LogP contribution in [0.25, 0.3) is 10.9 Å². The van der Waals surface area contributed by atoms with E-state index in [0.29, 0.717) is 5.95 Å². The summed E-state index contributed by atoms with van der Waals surface area (Å²) in [7, 11) is 1.81. The van der Waals surface area contributed by atoms with Crippen LogP contribution in [0.4, 0.5) is 11.8 Å². The maximum Gasteiger partial charge on any atom is 0.224 e. The molecule has 3 aromatic rings. The molecule has 0 fully saturated rings. The van der Waals surface area contributed by atoms with Gasteiger partial charge in [-0.1, -0.05) is 12.1 Å². The molecule has 0 amide bonds. The highest BCUT2D eigenvalue weighted by atomic mass is 16.3. The maximum atomic E-state index is 5.66. The molecule has 1 atom stereocenters. The van der Waals surface area contributed by atoms with E-state index in [1.54, 1.807) is 0 Å². The number of furan rings is 1. The molecule has 1 aromatic carbocycles. The van der Waals surface area contributed by atoms with Gasteiger partial charge in [0.1, 0.15) is 17.3 Å². The van der Waals surface area contributed by atoms with Crippen LogP contribution < -0.4 is 10.6 Å². The summed E-state index contributed by atoms with van der Waals surface area (Å²) in [4.78, 5) is 8.97. The normalized spacial score (nSPS) is 12.3. The van der Waals surface area contributed by atoms with E-state index in [0.717, 1.165) is 28.2 Å². The van der Waals surface area contributed by atoms with E-state index in [4.69, 9.17) is 4.42 Å². The van der Waals surface area contributed by atoms with Gasteiger partial charge in [-0.2, -0.15) is 4.98 Å². The lowest BCUT2D eigenvalue weighted by Gasteiger charge is -2.15. The Hall–Kier alpha value is -2.56. The lowest BCUT2D eigenvalue weighted by molar-refractivity contribution is 0.466. The second kappa shape index (κ2) is 5.44. The SMILES string of the molecule is CNc1nc(NC(C)c2ccc(C)o2)c2ccccc2n1. The predicted molar refractivity (Wildman–Crippen MR) is 84.6 cm³/mol. The third-order valence-corrected chi connectivity index (χ3v) is 3.37. The summed E-state index contributed by atoms with van der Waals surface area (Å²) in [5.41, 5.74) is 0.905. The fraction of sp³-hybridized carbons (Fsp3) is 0.250. The number of benzene rings is 1. The highest BCUT2D eigenvalue weighted by Gasteiger charge is 2.13. The van der Waals surface area contributed by atoms with Crippen LogP contribution in [-0.4, -0.2) is 17.0 Å². The third kappa shape index (κ3) is 2.67. The minimum Gasteiger partial charge on any atom is -0.464 e. The number of para-hydroxylation sites is 1. The van der Waals surface area contributed by atoms with E-state index in [2.05, 4.69) is 20.6 Å². The first-order valence-corrected chi connectivity index (χ1v) is 6.95. The number of nitrogens with one attached hydrogen (secondary N) is 2. The van der Waals surface area contributed by atoms with Crippen molar-refractivity contribution in [1.82, 2.24) is 9.97 Å². The van der Waals surface area contributed by atoms with Gasteiger partial charge in [-0.15, -0.1) is 0 Å². The van der Waals surface area contributed by atoms with Gasteiger partial charge in [0, 0.05) is 12.4 Å². The average molecular weight is 282 g/mol. The molecule has 21 heavy (non-hydrogen) atoms. The number of hydrogen-bond donors (Lipinski definition) is 2. The van der Waals surface area contributed by atoms with Crippen LogP contribution in [0, 0.1) is 6.92 Å². The molecule has 5 nitrogen and oxygen atoms in total. The van der Waals surface area contributed by atoms with E-state index in [9.17, 15) is 0 Å². The van der Waals surface area contributed by atoms with Crippen molar-refractivity contribution >= 4 is 22.7 Å². The maximum absolute atomic E-state index is 5.66. The van der Waals surface area contributed by atoms with Crippen LogP contribution in [0.3, 0.4) is 0 Å². The van der Waals surface area contributed by atoms with Crippen molar-refractivity contribution in [2.45, 2.75) is 19.9 Å². The van der Waals surface area contributed by atoms with Crippen molar-refractivity contribution in [3.05, 3.63) is 47.9 Å². The van der Waals surface area contributed by atoms with Gasteiger partial charge in [-0.25, -0.2) is 4.98 Å². The average Bonchev–Trinajstić information content (AvgIpc) is 2.93. The summed E-state index contributed by atoms with van der Waals surface area (Å²) in [6.07, 6.45) is 0. The molecule has 108 valence electrons.